The largest absolute Gasteiger partial charge is 0.480 e. The van der Waals surface area contributed by atoms with Crippen molar-refractivity contribution in [2.24, 2.45) is 0 Å². The van der Waals surface area contributed by atoms with Crippen molar-refractivity contribution in [3.05, 3.63) is 54.5 Å². The monoisotopic (exact) mass is 391 g/mol. The van der Waals surface area contributed by atoms with Gasteiger partial charge in [0.15, 0.2) is 0 Å². The van der Waals surface area contributed by atoms with Crippen LogP contribution in [-0.4, -0.2) is 37.7 Å². The Morgan fingerprint density at radius 2 is 1.90 bits per heavy atom. The third kappa shape index (κ3) is 4.08. The molecule has 0 aliphatic rings. The van der Waals surface area contributed by atoms with Gasteiger partial charge in [-0.25, -0.2) is 4.39 Å². The fraction of sp³-hybridized carbons (Fsp3) is 0.273. The summed E-state index contributed by atoms with van der Waals surface area (Å²) in [6.45, 7) is 5.22. The Kier molecular flexibility index (Phi) is 4.74. The fourth-order valence-corrected chi connectivity index (χ4v) is 3.25. The lowest BCUT2D eigenvalue weighted by atomic mass is 10.00. The van der Waals surface area contributed by atoms with Gasteiger partial charge in [-0.1, -0.05) is 18.2 Å². The molecule has 0 unspecified atom stereocenters. The molecular weight excluding hydrogens is 369 g/mol. The molecule has 3 aromatic heterocycles. The Labute approximate surface area is 168 Å². The Morgan fingerprint density at radius 3 is 2.66 bits per heavy atom. The third-order valence-corrected chi connectivity index (χ3v) is 4.56. The first kappa shape index (κ1) is 19.0. The number of hydrogen-bond donors (Lipinski definition) is 0. The first-order valence-electron chi connectivity index (χ1n) is 9.34. The van der Waals surface area contributed by atoms with Crippen molar-refractivity contribution in [1.29, 1.82) is 0 Å². The van der Waals surface area contributed by atoms with Gasteiger partial charge >= 0.3 is 0 Å². The van der Waals surface area contributed by atoms with Crippen molar-refractivity contribution in [2.45, 2.75) is 33.0 Å². The van der Waals surface area contributed by atoms with Gasteiger partial charge in [-0.15, -0.1) is 10.2 Å². The Balaban J connectivity index is 1.79. The number of halogens is 1. The first-order chi connectivity index (χ1) is 13.8. The normalized spacial score (nSPS) is 11.8. The zero-order chi connectivity index (χ0) is 20.6. The molecule has 0 aliphatic heterocycles. The number of ether oxygens (including phenoxy) is 1. The van der Waals surface area contributed by atoms with Gasteiger partial charge in [-0.3, -0.25) is 9.67 Å². The van der Waals surface area contributed by atoms with Crippen LogP contribution in [0.15, 0.2) is 48.8 Å². The smallest absolute Gasteiger partial charge is 0.233 e. The van der Waals surface area contributed by atoms with Crippen LogP contribution in [0.4, 0.5) is 4.39 Å². The summed E-state index contributed by atoms with van der Waals surface area (Å²) < 4.78 is 20.8. The van der Waals surface area contributed by atoms with E-state index in [-0.39, 0.29) is 6.54 Å². The average Bonchev–Trinajstić information content (AvgIpc) is 3.13. The van der Waals surface area contributed by atoms with Crippen LogP contribution >= 0.6 is 0 Å². The van der Waals surface area contributed by atoms with Crippen LogP contribution in [0.5, 0.6) is 5.88 Å². The minimum Gasteiger partial charge on any atom is -0.480 e. The summed E-state index contributed by atoms with van der Waals surface area (Å²) in [5.41, 5.74) is 3.89. The van der Waals surface area contributed by atoms with Crippen molar-refractivity contribution in [3.8, 4) is 28.3 Å². The quantitative estimate of drug-likeness (QED) is 0.497. The summed E-state index contributed by atoms with van der Waals surface area (Å²) in [5, 5.41) is 13.6. The molecule has 7 heteroatoms. The van der Waals surface area contributed by atoms with Crippen molar-refractivity contribution < 1.29 is 9.13 Å². The zero-order valence-corrected chi connectivity index (χ0v) is 16.8. The molecule has 0 amide bonds. The van der Waals surface area contributed by atoms with E-state index in [1.54, 1.807) is 31.8 Å². The summed E-state index contributed by atoms with van der Waals surface area (Å²) >= 11 is 0. The van der Waals surface area contributed by atoms with E-state index in [1.165, 1.54) is 0 Å². The van der Waals surface area contributed by atoms with E-state index in [1.807, 2.05) is 49.5 Å². The van der Waals surface area contributed by atoms with Gasteiger partial charge in [0.1, 0.15) is 5.67 Å². The van der Waals surface area contributed by atoms with Gasteiger partial charge in [0.25, 0.3) is 0 Å². The molecular formula is C22H22FN5O. The van der Waals surface area contributed by atoms with Crippen LogP contribution < -0.4 is 4.74 Å². The van der Waals surface area contributed by atoms with E-state index >= 15 is 0 Å². The fourth-order valence-electron chi connectivity index (χ4n) is 3.25. The molecule has 0 radical (unpaired) electrons. The SMILES string of the molecule is COc1cc2ccc(-c3nc(C)ccc3-c3cnn(CC(C)(C)F)c3)cc2nn1. The summed E-state index contributed by atoms with van der Waals surface area (Å²) in [6.07, 6.45) is 3.59. The molecule has 6 nitrogen and oxygen atoms in total. The Bertz CT molecular complexity index is 1180. The van der Waals surface area contributed by atoms with E-state index < -0.39 is 5.67 Å². The molecule has 0 atom stereocenters. The van der Waals surface area contributed by atoms with Crippen LogP contribution in [0.3, 0.4) is 0 Å². The number of benzene rings is 1. The summed E-state index contributed by atoms with van der Waals surface area (Å²) in [4.78, 5) is 4.76. The minimum atomic E-state index is -1.34. The number of pyridine rings is 1. The van der Waals surface area contributed by atoms with Gasteiger partial charge in [0.2, 0.25) is 5.88 Å². The van der Waals surface area contributed by atoms with Gasteiger partial charge in [-0.05, 0) is 32.9 Å². The van der Waals surface area contributed by atoms with Gasteiger partial charge in [0.05, 0.1) is 31.1 Å². The van der Waals surface area contributed by atoms with Crippen LogP contribution in [0.1, 0.15) is 19.5 Å². The number of rotatable bonds is 5. The highest BCUT2D eigenvalue weighted by atomic mass is 19.1. The molecule has 0 fully saturated rings. The number of hydrogen-bond acceptors (Lipinski definition) is 5. The van der Waals surface area contributed by atoms with Crippen LogP contribution in [-0.2, 0) is 6.54 Å². The lowest BCUT2D eigenvalue weighted by molar-refractivity contribution is 0.179. The molecule has 148 valence electrons. The van der Waals surface area contributed by atoms with E-state index in [9.17, 15) is 4.39 Å². The summed E-state index contributed by atoms with van der Waals surface area (Å²) in [7, 11) is 1.57. The molecule has 0 bridgehead atoms. The Hall–Kier alpha value is -3.35. The van der Waals surface area contributed by atoms with Crippen LogP contribution in [0.25, 0.3) is 33.3 Å². The average molecular weight is 391 g/mol. The lowest BCUT2D eigenvalue weighted by Gasteiger charge is -2.13. The number of aryl methyl sites for hydroxylation is 1. The van der Waals surface area contributed by atoms with E-state index in [0.717, 1.165) is 39.0 Å². The molecule has 0 saturated carbocycles. The summed E-state index contributed by atoms with van der Waals surface area (Å²) in [5.74, 6) is 0.475. The second-order valence-corrected chi connectivity index (χ2v) is 7.65. The highest BCUT2D eigenvalue weighted by molar-refractivity contribution is 5.88. The number of methoxy groups -OCH3 is 1. The molecule has 4 rings (SSSR count). The maximum absolute atomic E-state index is 14.0. The molecule has 29 heavy (non-hydrogen) atoms. The van der Waals surface area contributed by atoms with Gasteiger partial charge in [-0.2, -0.15) is 5.10 Å². The van der Waals surface area contributed by atoms with Gasteiger partial charge in [0, 0.05) is 40.0 Å². The van der Waals surface area contributed by atoms with E-state index in [0.29, 0.717) is 5.88 Å². The van der Waals surface area contributed by atoms with Crippen molar-refractivity contribution in [3.63, 3.8) is 0 Å². The number of nitrogens with zero attached hydrogens (tertiary/aromatic N) is 5. The second kappa shape index (κ2) is 7.24. The number of fused-ring (bicyclic) bond motifs is 1. The molecule has 3 heterocycles. The van der Waals surface area contributed by atoms with Crippen LogP contribution in [0, 0.1) is 6.92 Å². The molecule has 0 spiro atoms. The van der Waals surface area contributed by atoms with E-state index in [2.05, 4.69) is 15.3 Å². The first-order valence-corrected chi connectivity index (χ1v) is 9.34. The zero-order valence-electron chi connectivity index (χ0n) is 16.8. The molecule has 1 aromatic carbocycles. The maximum Gasteiger partial charge on any atom is 0.233 e. The molecule has 0 saturated heterocycles. The number of aromatic nitrogens is 5. The lowest BCUT2D eigenvalue weighted by Crippen LogP contribution is -2.20. The maximum atomic E-state index is 14.0. The molecule has 0 N–H and O–H groups in total. The highest BCUT2D eigenvalue weighted by Crippen LogP contribution is 2.32. The van der Waals surface area contributed by atoms with Gasteiger partial charge < -0.3 is 4.74 Å². The highest BCUT2D eigenvalue weighted by Gasteiger charge is 2.18. The predicted octanol–water partition coefficient (Wildman–Crippen LogP) is 4.62. The van der Waals surface area contributed by atoms with Crippen molar-refractivity contribution >= 4 is 10.9 Å². The Morgan fingerprint density at radius 1 is 1.07 bits per heavy atom. The molecule has 4 aromatic rings. The minimum absolute atomic E-state index is 0.190. The van der Waals surface area contributed by atoms with Crippen molar-refractivity contribution in [2.75, 3.05) is 7.11 Å². The summed E-state index contributed by atoms with van der Waals surface area (Å²) in [6, 6.07) is 11.8. The topological polar surface area (TPSA) is 65.7 Å². The standard InChI is InChI=1S/C22H22FN5O/c1-14-5-8-18(17-11-24-28(12-17)13-22(2,3)23)21(25-14)16-7-6-15-10-20(29-4)27-26-19(15)9-16/h5-12H,13H2,1-4H3. The van der Waals surface area contributed by atoms with Crippen LogP contribution in [0.2, 0.25) is 0 Å². The van der Waals surface area contributed by atoms with Crippen molar-refractivity contribution in [1.82, 2.24) is 25.0 Å². The molecule has 0 aliphatic carbocycles. The predicted molar refractivity (Wildman–Crippen MR) is 110 cm³/mol. The number of alkyl halides is 1. The van der Waals surface area contributed by atoms with E-state index in [4.69, 9.17) is 9.72 Å². The second-order valence-electron chi connectivity index (χ2n) is 7.65. The third-order valence-electron chi connectivity index (χ3n) is 4.56.